The van der Waals surface area contributed by atoms with Gasteiger partial charge in [-0.25, -0.2) is 0 Å². The van der Waals surface area contributed by atoms with Crippen LogP contribution in [0.5, 0.6) is 0 Å². The maximum Gasteiger partial charge on any atom is 0.391 e. The number of rotatable bonds is 4. The van der Waals surface area contributed by atoms with Crippen LogP contribution < -0.4 is 5.32 Å². The van der Waals surface area contributed by atoms with E-state index in [4.69, 9.17) is 0 Å². The van der Waals surface area contributed by atoms with E-state index >= 15 is 0 Å². The molecule has 0 aliphatic heterocycles. The summed E-state index contributed by atoms with van der Waals surface area (Å²) in [5.74, 6) is -2.33. The number of anilines is 1. The molecule has 1 aromatic rings. The van der Waals surface area contributed by atoms with E-state index in [1.54, 1.807) is 0 Å². The van der Waals surface area contributed by atoms with Gasteiger partial charge in [0.25, 0.3) is 0 Å². The van der Waals surface area contributed by atoms with Crippen LogP contribution in [0.3, 0.4) is 0 Å². The topological polar surface area (TPSA) is 54.9 Å². The van der Waals surface area contributed by atoms with E-state index in [-0.39, 0.29) is 18.7 Å². The molecule has 0 aromatic carbocycles. The van der Waals surface area contributed by atoms with Gasteiger partial charge in [-0.3, -0.25) is 4.79 Å². The average molecular weight is 321 g/mol. The lowest BCUT2D eigenvalue weighted by Crippen LogP contribution is -2.34. The van der Waals surface area contributed by atoms with Crippen molar-refractivity contribution >= 4 is 22.4 Å². The minimum Gasteiger partial charge on any atom is -0.300 e. The van der Waals surface area contributed by atoms with Gasteiger partial charge in [-0.05, 0) is 25.7 Å². The fourth-order valence-corrected chi connectivity index (χ4v) is 3.40. The molecule has 1 N–H and O–H groups in total. The summed E-state index contributed by atoms with van der Waals surface area (Å²) in [6.45, 7) is 2.01. The molecule has 2 rings (SSSR count). The lowest BCUT2D eigenvalue weighted by molar-refractivity contribution is -0.185. The molecule has 1 aromatic heterocycles. The number of alkyl halides is 3. The van der Waals surface area contributed by atoms with Gasteiger partial charge in [-0.15, -0.1) is 10.2 Å². The van der Waals surface area contributed by atoms with Gasteiger partial charge in [0.15, 0.2) is 0 Å². The Bertz CT molecular complexity index is 489. The van der Waals surface area contributed by atoms with Crippen molar-refractivity contribution in [3.8, 4) is 0 Å². The Morgan fingerprint density at radius 2 is 2.14 bits per heavy atom. The minimum atomic E-state index is -4.21. The molecular formula is C13H18F3N3OS. The Labute approximate surface area is 125 Å². The maximum atomic E-state index is 12.7. The molecule has 1 fully saturated rings. The molecule has 2 atom stereocenters. The number of aromatic nitrogens is 2. The van der Waals surface area contributed by atoms with E-state index in [0.717, 1.165) is 17.8 Å². The normalized spacial score (nSPS) is 23.0. The van der Waals surface area contributed by atoms with Gasteiger partial charge in [0.2, 0.25) is 11.0 Å². The van der Waals surface area contributed by atoms with Gasteiger partial charge < -0.3 is 5.32 Å². The first-order valence-electron chi connectivity index (χ1n) is 7.10. The van der Waals surface area contributed by atoms with Gasteiger partial charge in [0, 0.05) is 12.3 Å². The van der Waals surface area contributed by atoms with Gasteiger partial charge in [0.1, 0.15) is 5.01 Å². The smallest absolute Gasteiger partial charge is 0.300 e. The van der Waals surface area contributed by atoms with Crippen molar-refractivity contribution in [1.82, 2.24) is 10.2 Å². The SMILES string of the molecule is CCCc1nnc(NC(=O)[C@@H]2CCC[C@H](C(F)(F)F)C2)s1. The third-order valence-corrected chi connectivity index (χ3v) is 4.57. The van der Waals surface area contributed by atoms with Crippen molar-refractivity contribution in [2.45, 2.75) is 51.6 Å². The largest absolute Gasteiger partial charge is 0.391 e. The summed E-state index contributed by atoms with van der Waals surface area (Å²) in [7, 11) is 0. The van der Waals surface area contributed by atoms with Crippen molar-refractivity contribution in [2.75, 3.05) is 5.32 Å². The van der Waals surface area contributed by atoms with Crippen LogP contribution in [-0.2, 0) is 11.2 Å². The number of amides is 1. The highest BCUT2D eigenvalue weighted by molar-refractivity contribution is 7.15. The molecule has 0 saturated heterocycles. The zero-order chi connectivity index (χ0) is 15.5. The van der Waals surface area contributed by atoms with Crippen molar-refractivity contribution in [3.05, 3.63) is 5.01 Å². The first-order chi connectivity index (χ1) is 9.90. The number of halogens is 3. The van der Waals surface area contributed by atoms with Gasteiger partial charge >= 0.3 is 6.18 Å². The summed E-state index contributed by atoms with van der Waals surface area (Å²) >= 11 is 1.28. The van der Waals surface area contributed by atoms with E-state index in [1.807, 2.05) is 6.92 Å². The van der Waals surface area contributed by atoms with E-state index in [1.165, 1.54) is 11.3 Å². The van der Waals surface area contributed by atoms with E-state index in [9.17, 15) is 18.0 Å². The molecule has 118 valence electrons. The number of hydrogen-bond donors (Lipinski definition) is 1. The highest BCUT2D eigenvalue weighted by Crippen LogP contribution is 2.40. The third kappa shape index (κ3) is 4.39. The number of nitrogens with one attached hydrogen (secondary N) is 1. The van der Waals surface area contributed by atoms with Crippen LogP contribution in [0.15, 0.2) is 0 Å². The van der Waals surface area contributed by atoms with Gasteiger partial charge in [0.05, 0.1) is 5.92 Å². The quantitative estimate of drug-likeness (QED) is 0.918. The second-order valence-electron chi connectivity index (χ2n) is 5.34. The fourth-order valence-electron chi connectivity index (χ4n) is 2.55. The monoisotopic (exact) mass is 321 g/mol. The fraction of sp³-hybridized carbons (Fsp3) is 0.769. The Kier molecular flexibility index (Phi) is 5.18. The van der Waals surface area contributed by atoms with Crippen LogP contribution >= 0.6 is 11.3 Å². The van der Waals surface area contributed by atoms with Crippen LogP contribution in [-0.4, -0.2) is 22.3 Å². The van der Waals surface area contributed by atoms with Crippen LogP contribution in [0.25, 0.3) is 0 Å². The number of nitrogens with zero attached hydrogens (tertiary/aromatic N) is 2. The molecule has 1 heterocycles. The molecule has 1 aliphatic carbocycles. The number of aryl methyl sites for hydroxylation is 1. The van der Waals surface area contributed by atoms with Crippen molar-refractivity contribution in [2.24, 2.45) is 11.8 Å². The van der Waals surface area contributed by atoms with Crippen LogP contribution in [0.1, 0.15) is 44.0 Å². The lowest BCUT2D eigenvalue weighted by atomic mass is 9.80. The van der Waals surface area contributed by atoms with Crippen molar-refractivity contribution in [3.63, 3.8) is 0 Å². The Hall–Kier alpha value is -1.18. The molecule has 0 spiro atoms. The summed E-state index contributed by atoms with van der Waals surface area (Å²) in [5, 5.41) is 11.6. The highest BCUT2D eigenvalue weighted by atomic mass is 32.1. The molecule has 1 amide bonds. The zero-order valence-electron chi connectivity index (χ0n) is 11.7. The van der Waals surface area contributed by atoms with Crippen LogP contribution in [0.2, 0.25) is 0 Å². The molecule has 1 aliphatic rings. The molecule has 4 nitrogen and oxygen atoms in total. The third-order valence-electron chi connectivity index (χ3n) is 3.67. The first kappa shape index (κ1) is 16.2. The van der Waals surface area contributed by atoms with Crippen LogP contribution in [0, 0.1) is 11.8 Å². The molecular weight excluding hydrogens is 303 g/mol. The van der Waals surface area contributed by atoms with Gasteiger partial charge in [-0.1, -0.05) is 24.7 Å². The number of carbonyl (C=O) groups is 1. The Balaban J connectivity index is 1.93. The average Bonchev–Trinajstić information content (AvgIpc) is 2.86. The predicted octanol–water partition coefficient (Wildman–Crippen LogP) is 3.80. The standard InChI is InChI=1S/C13H18F3N3OS/c1-2-4-10-18-19-12(21-10)17-11(20)8-5-3-6-9(7-8)13(14,15)16/h8-9H,2-7H2,1H3,(H,17,19,20)/t8-,9+/m1/s1. The molecule has 0 radical (unpaired) electrons. The Morgan fingerprint density at radius 1 is 1.38 bits per heavy atom. The zero-order valence-corrected chi connectivity index (χ0v) is 12.6. The van der Waals surface area contributed by atoms with E-state index in [2.05, 4.69) is 15.5 Å². The van der Waals surface area contributed by atoms with E-state index < -0.39 is 18.0 Å². The molecule has 1 saturated carbocycles. The lowest BCUT2D eigenvalue weighted by Gasteiger charge is -2.29. The summed E-state index contributed by atoms with van der Waals surface area (Å²) in [6, 6.07) is 0. The molecule has 0 bridgehead atoms. The Morgan fingerprint density at radius 3 is 2.81 bits per heavy atom. The van der Waals surface area contributed by atoms with Crippen LogP contribution in [0.4, 0.5) is 18.3 Å². The number of hydrogen-bond acceptors (Lipinski definition) is 4. The summed E-state index contributed by atoms with van der Waals surface area (Å²) in [5.41, 5.74) is 0. The minimum absolute atomic E-state index is 0.118. The highest BCUT2D eigenvalue weighted by Gasteiger charge is 2.43. The van der Waals surface area contributed by atoms with E-state index in [0.29, 0.717) is 18.0 Å². The summed E-state index contributed by atoms with van der Waals surface area (Å²) in [6.07, 6.45) is -1.58. The summed E-state index contributed by atoms with van der Waals surface area (Å²) in [4.78, 5) is 12.1. The van der Waals surface area contributed by atoms with Crippen molar-refractivity contribution in [1.29, 1.82) is 0 Å². The molecule has 21 heavy (non-hydrogen) atoms. The summed E-state index contributed by atoms with van der Waals surface area (Å²) < 4.78 is 38.2. The second-order valence-corrected chi connectivity index (χ2v) is 6.40. The number of carbonyl (C=O) groups excluding carboxylic acids is 1. The molecule has 0 unspecified atom stereocenters. The van der Waals surface area contributed by atoms with Crippen molar-refractivity contribution < 1.29 is 18.0 Å². The molecule has 8 heteroatoms. The maximum absolute atomic E-state index is 12.7. The second kappa shape index (κ2) is 6.72. The van der Waals surface area contributed by atoms with Gasteiger partial charge in [-0.2, -0.15) is 13.2 Å². The first-order valence-corrected chi connectivity index (χ1v) is 7.91. The predicted molar refractivity (Wildman–Crippen MR) is 74.0 cm³/mol.